The maximum absolute atomic E-state index is 12.2. The van der Waals surface area contributed by atoms with E-state index in [2.05, 4.69) is 9.97 Å². The Labute approximate surface area is 114 Å². The van der Waals surface area contributed by atoms with Crippen LogP contribution in [0.15, 0.2) is 17.2 Å². The molecular weight excluding hydrogens is 270 g/mol. The van der Waals surface area contributed by atoms with Gasteiger partial charge in [-0.25, -0.2) is 9.78 Å². The van der Waals surface area contributed by atoms with Crippen molar-refractivity contribution < 1.29 is 9.53 Å². The van der Waals surface area contributed by atoms with Gasteiger partial charge in [0.2, 0.25) is 10.7 Å². The van der Waals surface area contributed by atoms with Crippen molar-refractivity contribution in [2.45, 2.75) is 20.4 Å². The molecule has 2 heterocycles. The first-order valence-electron chi connectivity index (χ1n) is 5.81. The number of esters is 1. The van der Waals surface area contributed by atoms with Gasteiger partial charge in [-0.1, -0.05) is 0 Å². The first-order valence-corrected chi connectivity index (χ1v) is 6.19. The van der Waals surface area contributed by atoms with Gasteiger partial charge < -0.3 is 9.30 Å². The molecule has 0 radical (unpaired) electrons. The van der Waals surface area contributed by atoms with E-state index in [0.717, 1.165) is 0 Å². The molecule has 0 amide bonds. The van der Waals surface area contributed by atoms with Crippen LogP contribution in [0.5, 0.6) is 0 Å². The molecule has 0 aliphatic heterocycles. The number of nitrogens with zero attached hydrogens (tertiary/aromatic N) is 3. The number of halogens is 1. The van der Waals surface area contributed by atoms with Gasteiger partial charge in [-0.3, -0.25) is 4.79 Å². The molecule has 2 rings (SSSR count). The predicted octanol–water partition coefficient (Wildman–Crippen LogP) is 1.64. The lowest BCUT2D eigenvalue weighted by Gasteiger charge is -2.09. The molecule has 0 bridgehead atoms. The van der Waals surface area contributed by atoms with Crippen LogP contribution >= 0.6 is 11.6 Å². The predicted molar refractivity (Wildman–Crippen MR) is 70.4 cm³/mol. The average Bonchev–Trinajstić information content (AvgIpc) is 2.39. The van der Waals surface area contributed by atoms with Gasteiger partial charge in [0.25, 0.3) is 0 Å². The number of rotatable bonds is 3. The molecule has 0 aromatic carbocycles. The summed E-state index contributed by atoms with van der Waals surface area (Å²) in [6.45, 7) is 4.30. The van der Waals surface area contributed by atoms with Gasteiger partial charge in [0.15, 0.2) is 0 Å². The smallest absolute Gasteiger partial charge is 0.343 e. The van der Waals surface area contributed by atoms with Crippen molar-refractivity contribution in [3.05, 3.63) is 33.5 Å². The molecule has 0 N–H and O–H groups in total. The van der Waals surface area contributed by atoms with E-state index in [1.165, 1.54) is 12.4 Å². The number of fused-ring (bicyclic) bond motifs is 1. The Hall–Kier alpha value is -1.95. The van der Waals surface area contributed by atoms with Crippen molar-refractivity contribution in [1.29, 1.82) is 0 Å². The second-order valence-electron chi connectivity index (χ2n) is 3.75. The molecule has 0 saturated heterocycles. The van der Waals surface area contributed by atoms with Crippen LogP contribution in [0, 0.1) is 0 Å². The summed E-state index contributed by atoms with van der Waals surface area (Å²) >= 11 is 5.72. The van der Waals surface area contributed by atoms with E-state index < -0.39 is 11.4 Å². The van der Waals surface area contributed by atoms with Gasteiger partial charge >= 0.3 is 5.97 Å². The average molecular weight is 282 g/mol. The molecule has 6 nitrogen and oxygen atoms in total. The molecule has 100 valence electrons. The highest BCUT2D eigenvalue weighted by Gasteiger charge is 2.17. The minimum atomic E-state index is -0.647. The number of carbonyl (C=O) groups excluding carboxylic acids is 1. The second-order valence-corrected chi connectivity index (χ2v) is 4.09. The monoisotopic (exact) mass is 281 g/mol. The van der Waals surface area contributed by atoms with Gasteiger partial charge in [-0.05, 0) is 25.4 Å². The van der Waals surface area contributed by atoms with E-state index in [4.69, 9.17) is 16.3 Å². The lowest BCUT2D eigenvalue weighted by Crippen LogP contribution is -2.21. The lowest BCUT2D eigenvalue weighted by atomic mass is 10.2. The fraction of sp³-hybridized carbons (Fsp3) is 0.333. The van der Waals surface area contributed by atoms with Crippen molar-refractivity contribution in [2.24, 2.45) is 0 Å². The van der Waals surface area contributed by atoms with Gasteiger partial charge in [-0.15, -0.1) is 0 Å². The zero-order valence-electron chi connectivity index (χ0n) is 10.5. The van der Waals surface area contributed by atoms with Gasteiger partial charge in [0.05, 0.1) is 12.0 Å². The first-order chi connectivity index (χ1) is 9.08. The van der Waals surface area contributed by atoms with Crippen LogP contribution in [-0.2, 0) is 11.3 Å². The number of hydrogen-bond acceptors (Lipinski definition) is 5. The normalized spacial score (nSPS) is 10.7. The van der Waals surface area contributed by atoms with E-state index in [-0.39, 0.29) is 22.8 Å². The number of pyridine rings is 1. The zero-order valence-corrected chi connectivity index (χ0v) is 11.3. The van der Waals surface area contributed by atoms with Crippen molar-refractivity contribution >= 4 is 28.6 Å². The molecule has 0 atom stereocenters. The third-order valence-electron chi connectivity index (χ3n) is 2.62. The topological polar surface area (TPSA) is 74.1 Å². The summed E-state index contributed by atoms with van der Waals surface area (Å²) in [5, 5.41) is 0.301. The summed E-state index contributed by atoms with van der Waals surface area (Å²) in [5.74, 6) is -0.647. The van der Waals surface area contributed by atoms with E-state index in [1.807, 2.05) is 6.92 Å². The fourth-order valence-electron chi connectivity index (χ4n) is 1.75. The summed E-state index contributed by atoms with van der Waals surface area (Å²) in [7, 11) is 0. The SMILES string of the molecule is CCOC(=O)c1cn(CC)c2nc(Cl)ncc2c1=O. The molecule has 0 saturated carbocycles. The molecule has 0 aliphatic carbocycles. The van der Waals surface area contributed by atoms with E-state index in [0.29, 0.717) is 12.2 Å². The molecular formula is C12H12ClN3O3. The number of aryl methyl sites for hydroxylation is 1. The Morgan fingerprint density at radius 1 is 1.47 bits per heavy atom. The number of carbonyl (C=O) groups is 1. The molecule has 7 heteroatoms. The third kappa shape index (κ3) is 2.44. The van der Waals surface area contributed by atoms with Crippen molar-refractivity contribution in [2.75, 3.05) is 6.61 Å². The molecule has 0 unspecified atom stereocenters. The maximum atomic E-state index is 12.2. The molecule has 19 heavy (non-hydrogen) atoms. The summed E-state index contributed by atoms with van der Waals surface area (Å²) in [6.07, 6.45) is 2.76. The van der Waals surface area contributed by atoms with Crippen LogP contribution in [-0.4, -0.2) is 27.1 Å². The number of aromatic nitrogens is 3. The highest BCUT2D eigenvalue weighted by Crippen LogP contribution is 2.12. The Balaban J connectivity index is 2.76. The Bertz CT molecular complexity index is 696. The van der Waals surface area contributed by atoms with E-state index >= 15 is 0 Å². The van der Waals surface area contributed by atoms with Crippen LogP contribution < -0.4 is 5.43 Å². The Kier molecular flexibility index (Phi) is 3.80. The van der Waals surface area contributed by atoms with Gasteiger partial charge in [0, 0.05) is 18.9 Å². The lowest BCUT2D eigenvalue weighted by molar-refractivity contribution is 0.0524. The number of ether oxygens (including phenoxy) is 1. The molecule has 2 aromatic rings. The summed E-state index contributed by atoms with van der Waals surface area (Å²) < 4.78 is 6.52. The molecule has 0 aliphatic rings. The van der Waals surface area contributed by atoms with Crippen molar-refractivity contribution in [1.82, 2.24) is 14.5 Å². The number of hydrogen-bond donors (Lipinski definition) is 0. The van der Waals surface area contributed by atoms with Crippen LogP contribution in [0.3, 0.4) is 0 Å². The van der Waals surface area contributed by atoms with Crippen LogP contribution in [0.2, 0.25) is 5.28 Å². The highest BCUT2D eigenvalue weighted by atomic mass is 35.5. The molecule has 0 spiro atoms. The van der Waals surface area contributed by atoms with Crippen molar-refractivity contribution in [3.63, 3.8) is 0 Å². The standard InChI is InChI=1S/C12H12ClN3O3/c1-3-16-6-8(11(18)19-4-2)9(17)7-5-14-12(13)15-10(7)16/h5-6H,3-4H2,1-2H3. The van der Waals surface area contributed by atoms with Crippen LogP contribution in [0.25, 0.3) is 11.0 Å². The van der Waals surface area contributed by atoms with E-state index in [1.54, 1.807) is 11.5 Å². The summed E-state index contributed by atoms with van der Waals surface area (Å²) in [5.41, 5.74) is -0.0718. The largest absolute Gasteiger partial charge is 0.462 e. The molecule has 2 aromatic heterocycles. The van der Waals surface area contributed by atoms with E-state index in [9.17, 15) is 9.59 Å². The third-order valence-corrected chi connectivity index (χ3v) is 2.80. The summed E-state index contributed by atoms with van der Waals surface area (Å²) in [4.78, 5) is 31.7. The first kappa shape index (κ1) is 13.5. The Morgan fingerprint density at radius 3 is 2.84 bits per heavy atom. The summed E-state index contributed by atoms with van der Waals surface area (Å²) in [6, 6.07) is 0. The van der Waals surface area contributed by atoms with Gasteiger partial charge in [0.1, 0.15) is 11.2 Å². The van der Waals surface area contributed by atoms with Gasteiger partial charge in [-0.2, -0.15) is 4.98 Å². The zero-order chi connectivity index (χ0) is 14.0. The quantitative estimate of drug-likeness (QED) is 0.631. The Morgan fingerprint density at radius 2 is 2.21 bits per heavy atom. The molecule has 0 fully saturated rings. The highest BCUT2D eigenvalue weighted by molar-refractivity contribution is 6.28. The fourth-order valence-corrected chi connectivity index (χ4v) is 1.88. The second kappa shape index (κ2) is 5.36. The minimum absolute atomic E-state index is 0.0258. The minimum Gasteiger partial charge on any atom is -0.462 e. The van der Waals surface area contributed by atoms with Crippen molar-refractivity contribution in [3.8, 4) is 0 Å². The maximum Gasteiger partial charge on any atom is 0.343 e. The van der Waals surface area contributed by atoms with Crippen LogP contribution in [0.1, 0.15) is 24.2 Å². The van der Waals surface area contributed by atoms with Crippen LogP contribution in [0.4, 0.5) is 0 Å².